The molecule has 0 fully saturated rings. The van der Waals surface area contributed by atoms with E-state index in [-0.39, 0.29) is 9.90 Å². The van der Waals surface area contributed by atoms with Crippen molar-refractivity contribution < 1.29 is 19.2 Å². The molecule has 5 heavy (non-hydrogen) atoms. The summed E-state index contributed by atoms with van der Waals surface area (Å²) in [6.07, 6.45) is 1.81. The van der Waals surface area contributed by atoms with E-state index < -0.39 is 0 Å². The zero-order chi connectivity index (χ0) is 3.41. The fourth-order valence-corrected chi connectivity index (χ4v) is 0. The maximum atomic E-state index is 3.44. The van der Waals surface area contributed by atoms with Crippen molar-refractivity contribution in [2.45, 2.75) is 4.89 Å². The Morgan fingerprint density at radius 3 is 2.00 bits per heavy atom. The first-order valence-electron chi connectivity index (χ1n) is 1.04. The van der Waals surface area contributed by atoms with Crippen molar-refractivity contribution in [3.05, 3.63) is 12.7 Å². The van der Waals surface area contributed by atoms with Gasteiger partial charge in [-0.2, -0.15) is 9.90 Å². The quantitative estimate of drug-likeness (QED) is 0.324. The van der Waals surface area contributed by atoms with Crippen molar-refractivity contribution in [1.29, 1.82) is 0 Å². The van der Waals surface area contributed by atoms with Gasteiger partial charge >= 0.3 is 36.8 Å². The Balaban J connectivity index is 0. The molecule has 1 atom stereocenters. The van der Waals surface area contributed by atoms with Crippen molar-refractivity contribution in [2.24, 2.45) is 0 Å². The summed E-state index contributed by atoms with van der Waals surface area (Å²) in [5.74, 6) is 0. The largest absolute Gasteiger partial charge is 0.153 e. The molecule has 0 aromatic carbocycles. The smallest absolute Gasteiger partial charge is 0.153 e. The fourth-order valence-electron chi connectivity index (χ4n) is 0. The average molecular weight is 181 g/mol. The molecule has 0 heterocycles. The normalized spacial score (nSPS) is 5.20. The predicted octanol–water partition coefficient (Wildman–Crippen LogP) is 1.20. The van der Waals surface area contributed by atoms with E-state index in [0.717, 1.165) is 4.89 Å². The number of hydrogen-bond acceptors (Lipinski definition) is 0. The van der Waals surface area contributed by atoms with Crippen LogP contribution in [0.1, 0.15) is 0 Å². The van der Waals surface area contributed by atoms with E-state index in [1.807, 2.05) is 6.08 Å². The van der Waals surface area contributed by atoms with Crippen LogP contribution in [0.15, 0.2) is 12.7 Å². The van der Waals surface area contributed by atoms with Gasteiger partial charge in [0.05, 0.1) is 0 Å². The van der Waals surface area contributed by atoms with Crippen LogP contribution in [-0.4, -0.2) is 0 Å². The van der Waals surface area contributed by atoms with Gasteiger partial charge in [-0.05, 0) is 0 Å². The topological polar surface area (TPSA) is 0 Å². The second-order valence-electron chi connectivity index (χ2n) is 0.418. The zero-order valence-electron chi connectivity index (χ0n) is 3.01. The molecule has 0 radical (unpaired) electrons. The maximum Gasteiger partial charge on any atom is -0.153 e. The summed E-state index contributed by atoms with van der Waals surface area (Å²) >= 11 is 2.92. The number of allylic oxidation sites excluding steroid dienone is 1. The van der Waals surface area contributed by atoms with E-state index in [1.165, 1.54) is 0 Å². The van der Waals surface area contributed by atoms with Crippen LogP contribution in [0.25, 0.3) is 0 Å². The molecule has 2 heteroatoms. The van der Waals surface area contributed by atoms with Crippen molar-refractivity contribution in [3.8, 4) is 0 Å². The molecular weight excluding hydrogens is 173 g/mol. The minimum Gasteiger partial charge on any atom is -0.153 e. The van der Waals surface area contributed by atoms with Crippen molar-refractivity contribution in [2.75, 3.05) is 0 Å². The van der Waals surface area contributed by atoms with Gasteiger partial charge in [0.25, 0.3) is 0 Å². The minimum absolute atomic E-state index is 0. The van der Waals surface area contributed by atoms with Gasteiger partial charge in [0.15, 0.2) is 0 Å². The Morgan fingerprint density at radius 2 is 2.00 bits per heavy atom. The minimum atomic E-state index is 0. The van der Waals surface area contributed by atoms with Crippen LogP contribution >= 0.6 is 9.90 Å². The Kier molecular flexibility index (Phi) is 16.4. The summed E-state index contributed by atoms with van der Waals surface area (Å²) in [7, 11) is 0. The van der Waals surface area contributed by atoms with Crippen LogP contribution in [0.3, 0.4) is 0 Å². The second kappa shape index (κ2) is 8.85. The summed E-state index contributed by atoms with van der Waals surface area (Å²) in [6, 6.07) is 0. The molecule has 0 bridgehead atoms. The molecule has 0 aromatic rings. The number of hydrogen-bond donors (Lipinski definition) is 0. The van der Waals surface area contributed by atoms with Crippen LogP contribution in [0.5, 0.6) is 0 Å². The molecular formula is C3H8PPd. The van der Waals surface area contributed by atoms with Crippen LogP contribution in [-0.2, 0) is 19.2 Å². The number of rotatable bonds is 1. The third-order valence-corrected chi connectivity index (χ3v) is 0.540. The van der Waals surface area contributed by atoms with Crippen molar-refractivity contribution in [1.82, 2.24) is 0 Å². The molecule has 0 rings (SSSR count). The van der Waals surface area contributed by atoms with Gasteiger partial charge in [0.1, 0.15) is 0 Å². The van der Waals surface area contributed by atoms with Crippen LogP contribution in [0.2, 0.25) is 4.89 Å². The third kappa shape index (κ3) is 11.5. The molecule has 0 spiro atoms. The first-order chi connectivity index (χ1) is 1.91. The zero-order valence-corrected chi connectivity index (χ0v) is 5.98. The molecule has 35 valence electrons. The Hall–Kier alpha value is 0.832. The van der Waals surface area contributed by atoms with E-state index in [0.29, 0.717) is 0 Å². The van der Waals surface area contributed by atoms with Gasteiger partial charge in [-0.1, -0.05) is 0 Å². The van der Waals surface area contributed by atoms with Crippen LogP contribution in [0.4, 0.5) is 0 Å². The summed E-state index contributed by atoms with van der Waals surface area (Å²) in [5.41, 5.74) is 0. The van der Waals surface area contributed by atoms with E-state index in [2.05, 4.69) is 25.8 Å². The average Bonchev–Trinajstić information content (AvgIpc) is 1.37. The molecule has 0 saturated heterocycles. The van der Waals surface area contributed by atoms with E-state index in [9.17, 15) is 0 Å². The molecule has 0 N–H and O–H groups in total. The van der Waals surface area contributed by atoms with E-state index in [4.69, 9.17) is 0 Å². The standard InChI is InChI=1S/C3H5.H3P.Pd/c1-3-2;;/h3H,1-2H2;1H3;. The first-order valence-corrected chi connectivity index (χ1v) is 2.14. The van der Waals surface area contributed by atoms with Gasteiger partial charge < -0.3 is 0 Å². The SMILES string of the molecule is C=C[CH2][Pd].P. The molecule has 0 aliphatic rings. The molecule has 0 amide bonds. The van der Waals surface area contributed by atoms with Crippen LogP contribution in [0, 0.1) is 0 Å². The molecule has 0 aliphatic heterocycles. The van der Waals surface area contributed by atoms with E-state index in [1.54, 1.807) is 0 Å². The van der Waals surface area contributed by atoms with E-state index >= 15 is 0 Å². The molecule has 1 unspecified atom stereocenters. The van der Waals surface area contributed by atoms with Gasteiger partial charge in [0, 0.05) is 0 Å². The van der Waals surface area contributed by atoms with Gasteiger partial charge in [-0.3, -0.25) is 0 Å². The summed E-state index contributed by atoms with van der Waals surface area (Å²) in [6.45, 7) is 3.44. The fraction of sp³-hybridized carbons (Fsp3) is 0.333. The van der Waals surface area contributed by atoms with Gasteiger partial charge in [-0.15, -0.1) is 0 Å². The van der Waals surface area contributed by atoms with Crippen molar-refractivity contribution in [3.63, 3.8) is 0 Å². The van der Waals surface area contributed by atoms with Gasteiger partial charge in [0.2, 0.25) is 0 Å². The Bertz CT molecular complexity index is 20.9. The molecule has 0 saturated carbocycles. The van der Waals surface area contributed by atoms with Crippen LogP contribution < -0.4 is 0 Å². The Labute approximate surface area is 47.1 Å². The predicted molar refractivity (Wildman–Crippen MR) is 26.1 cm³/mol. The maximum absolute atomic E-state index is 3.44. The second-order valence-corrected chi connectivity index (χ2v) is 1.05. The van der Waals surface area contributed by atoms with Crippen molar-refractivity contribution >= 4 is 9.90 Å². The molecule has 0 aliphatic carbocycles. The third-order valence-electron chi connectivity index (χ3n) is 0.0913. The first kappa shape index (κ1) is 9.27. The summed E-state index contributed by atoms with van der Waals surface area (Å²) in [4.78, 5) is 0.933. The monoisotopic (exact) mass is 181 g/mol. The van der Waals surface area contributed by atoms with Gasteiger partial charge in [-0.25, -0.2) is 0 Å². The molecule has 0 aromatic heterocycles. The summed E-state index contributed by atoms with van der Waals surface area (Å²) < 4.78 is 0. The summed E-state index contributed by atoms with van der Waals surface area (Å²) in [5, 5.41) is 0. The molecule has 0 nitrogen and oxygen atoms in total. The Morgan fingerprint density at radius 1 is 1.80 bits per heavy atom.